The van der Waals surface area contributed by atoms with Crippen LogP contribution in [0.5, 0.6) is 0 Å². The largest absolute Gasteiger partial charge is 0.481 e. The van der Waals surface area contributed by atoms with Gasteiger partial charge in [0.05, 0.1) is 5.41 Å². The molecule has 0 radical (unpaired) electrons. The Bertz CT molecular complexity index is 418. The average Bonchev–Trinajstić information content (AvgIpc) is 2.42. The first kappa shape index (κ1) is 17.6. The molecule has 8 heteroatoms. The molecule has 120 valence electrons. The Morgan fingerprint density at radius 1 is 1.48 bits per heavy atom. The molecular formula is C13H23N3O4S. The molecule has 0 aromatic heterocycles. The molecular weight excluding hydrogens is 294 g/mol. The number of hydrogen-bond acceptors (Lipinski definition) is 4. The van der Waals surface area contributed by atoms with Crippen molar-refractivity contribution >= 4 is 29.7 Å². The average molecular weight is 317 g/mol. The summed E-state index contributed by atoms with van der Waals surface area (Å²) >= 11 is 1.57. The summed E-state index contributed by atoms with van der Waals surface area (Å²) in [6, 6.07) is -1.43. The zero-order chi connectivity index (χ0) is 16.0. The molecule has 1 rings (SSSR count). The van der Waals surface area contributed by atoms with Gasteiger partial charge in [-0.2, -0.15) is 11.8 Å². The molecule has 0 spiro atoms. The highest BCUT2D eigenvalue weighted by atomic mass is 32.2. The molecule has 3 amide bonds. The Balaban J connectivity index is 2.77. The third kappa shape index (κ3) is 4.80. The lowest BCUT2D eigenvalue weighted by molar-refractivity contribution is -0.153. The van der Waals surface area contributed by atoms with Crippen molar-refractivity contribution in [3.05, 3.63) is 0 Å². The van der Waals surface area contributed by atoms with Crippen LogP contribution in [0.3, 0.4) is 0 Å². The fraction of sp³-hybridized carbons (Fsp3) is 0.769. The van der Waals surface area contributed by atoms with E-state index in [4.69, 9.17) is 5.73 Å². The standard InChI is InChI=1S/C13H23N3O4S/c1-13(11(18)19)5-3-6-16(8-13)10(17)9(4-7-21-2)15-12(14)20/h9H,3-8H2,1-2H3,(H,18,19)(H3,14,15,20). The maximum absolute atomic E-state index is 12.5. The third-order valence-electron chi connectivity index (χ3n) is 3.75. The van der Waals surface area contributed by atoms with E-state index in [0.29, 0.717) is 31.6 Å². The fourth-order valence-corrected chi connectivity index (χ4v) is 2.96. The fourth-order valence-electron chi connectivity index (χ4n) is 2.49. The van der Waals surface area contributed by atoms with Gasteiger partial charge in [-0.15, -0.1) is 0 Å². The third-order valence-corrected chi connectivity index (χ3v) is 4.39. The normalized spacial score (nSPS) is 23.4. The molecule has 1 heterocycles. The lowest BCUT2D eigenvalue weighted by atomic mass is 9.82. The SMILES string of the molecule is CSCCC(NC(N)=O)C(=O)N1CCCC(C)(C(=O)O)C1. The minimum absolute atomic E-state index is 0.164. The Labute approximate surface area is 128 Å². The number of carbonyl (C=O) groups is 3. The molecule has 2 atom stereocenters. The number of carboxylic acids is 1. The molecule has 2 unspecified atom stereocenters. The van der Waals surface area contributed by atoms with Crippen molar-refractivity contribution < 1.29 is 19.5 Å². The van der Waals surface area contributed by atoms with Gasteiger partial charge in [-0.1, -0.05) is 0 Å². The van der Waals surface area contributed by atoms with Crippen molar-refractivity contribution in [3.8, 4) is 0 Å². The van der Waals surface area contributed by atoms with Crippen molar-refractivity contribution in [2.75, 3.05) is 25.1 Å². The van der Waals surface area contributed by atoms with Gasteiger partial charge in [0.1, 0.15) is 6.04 Å². The highest BCUT2D eigenvalue weighted by Gasteiger charge is 2.40. The predicted molar refractivity (Wildman–Crippen MR) is 81.1 cm³/mol. The maximum atomic E-state index is 12.5. The van der Waals surface area contributed by atoms with Crippen LogP contribution in [0, 0.1) is 5.41 Å². The zero-order valence-corrected chi connectivity index (χ0v) is 13.2. The van der Waals surface area contributed by atoms with Crippen LogP contribution < -0.4 is 11.1 Å². The van der Waals surface area contributed by atoms with Gasteiger partial charge < -0.3 is 21.1 Å². The topological polar surface area (TPSA) is 113 Å². The molecule has 1 fully saturated rings. The second-order valence-corrected chi connectivity index (χ2v) is 6.56. The van der Waals surface area contributed by atoms with E-state index >= 15 is 0 Å². The Morgan fingerprint density at radius 2 is 2.14 bits per heavy atom. The first-order valence-corrected chi connectivity index (χ1v) is 8.26. The number of amides is 3. The quantitative estimate of drug-likeness (QED) is 0.660. The molecule has 0 aliphatic carbocycles. The van der Waals surface area contributed by atoms with Crippen LogP contribution in [-0.4, -0.2) is 59.1 Å². The minimum atomic E-state index is -0.926. The molecule has 0 bridgehead atoms. The van der Waals surface area contributed by atoms with E-state index in [9.17, 15) is 19.5 Å². The Kier molecular flexibility index (Phi) is 6.32. The van der Waals surface area contributed by atoms with Crippen LogP contribution in [0.2, 0.25) is 0 Å². The summed E-state index contributed by atoms with van der Waals surface area (Å²) < 4.78 is 0. The van der Waals surface area contributed by atoms with E-state index in [0.717, 1.165) is 0 Å². The van der Waals surface area contributed by atoms with Gasteiger partial charge in [-0.25, -0.2) is 4.79 Å². The van der Waals surface area contributed by atoms with E-state index in [1.165, 1.54) is 4.90 Å². The summed E-state index contributed by atoms with van der Waals surface area (Å²) in [4.78, 5) is 36.4. The van der Waals surface area contributed by atoms with Crippen LogP contribution in [0.1, 0.15) is 26.2 Å². The number of nitrogens with zero attached hydrogens (tertiary/aromatic N) is 1. The summed E-state index contributed by atoms with van der Waals surface area (Å²) in [5.74, 6) is -0.445. The molecule has 0 aromatic rings. The van der Waals surface area contributed by atoms with Gasteiger partial charge in [0, 0.05) is 13.1 Å². The predicted octanol–water partition coefficient (Wildman–Crippen LogP) is 0.490. The first-order valence-electron chi connectivity index (χ1n) is 6.87. The van der Waals surface area contributed by atoms with Gasteiger partial charge in [0.25, 0.3) is 0 Å². The molecule has 1 saturated heterocycles. The number of nitrogens with one attached hydrogen (secondary N) is 1. The molecule has 1 aliphatic rings. The summed E-state index contributed by atoms with van der Waals surface area (Å²) in [6.07, 6.45) is 3.57. The number of rotatable bonds is 6. The van der Waals surface area contributed by atoms with Gasteiger partial charge >= 0.3 is 12.0 Å². The molecule has 4 N–H and O–H groups in total. The minimum Gasteiger partial charge on any atom is -0.481 e. The Hall–Kier alpha value is -1.44. The van der Waals surface area contributed by atoms with Crippen LogP contribution in [0.15, 0.2) is 0 Å². The molecule has 7 nitrogen and oxygen atoms in total. The lowest BCUT2D eigenvalue weighted by Crippen LogP contribution is -2.55. The Morgan fingerprint density at radius 3 is 2.67 bits per heavy atom. The van der Waals surface area contributed by atoms with Crippen molar-refractivity contribution in [2.45, 2.75) is 32.2 Å². The molecule has 0 aromatic carbocycles. The van der Waals surface area contributed by atoms with Crippen LogP contribution in [-0.2, 0) is 9.59 Å². The van der Waals surface area contributed by atoms with E-state index < -0.39 is 23.5 Å². The maximum Gasteiger partial charge on any atom is 0.312 e. The molecule has 1 aliphatic heterocycles. The van der Waals surface area contributed by atoms with E-state index in [1.807, 2.05) is 6.26 Å². The number of carbonyl (C=O) groups excluding carboxylic acids is 2. The number of primary amides is 1. The van der Waals surface area contributed by atoms with E-state index in [-0.39, 0.29) is 12.5 Å². The smallest absolute Gasteiger partial charge is 0.312 e. The highest BCUT2D eigenvalue weighted by molar-refractivity contribution is 7.98. The summed E-state index contributed by atoms with van der Waals surface area (Å²) in [5, 5.41) is 11.7. The number of nitrogens with two attached hydrogens (primary N) is 1. The van der Waals surface area contributed by atoms with Crippen molar-refractivity contribution in [3.63, 3.8) is 0 Å². The zero-order valence-electron chi connectivity index (χ0n) is 12.4. The summed E-state index contributed by atoms with van der Waals surface area (Å²) in [7, 11) is 0. The van der Waals surface area contributed by atoms with E-state index in [2.05, 4.69) is 5.32 Å². The lowest BCUT2D eigenvalue weighted by Gasteiger charge is -2.39. The summed E-state index contributed by atoms with van der Waals surface area (Å²) in [6.45, 7) is 2.32. The van der Waals surface area contributed by atoms with Gasteiger partial charge in [0.15, 0.2) is 0 Å². The monoisotopic (exact) mass is 317 g/mol. The van der Waals surface area contributed by atoms with Crippen molar-refractivity contribution in [1.29, 1.82) is 0 Å². The van der Waals surface area contributed by atoms with E-state index in [1.54, 1.807) is 18.7 Å². The number of likely N-dealkylation sites (tertiary alicyclic amines) is 1. The molecule has 21 heavy (non-hydrogen) atoms. The van der Waals surface area contributed by atoms with Gasteiger partial charge in [-0.05, 0) is 38.2 Å². The molecule has 0 saturated carbocycles. The van der Waals surface area contributed by atoms with Crippen molar-refractivity contribution in [1.82, 2.24) is 10.2 Å². The van der Waals surface area contributed by atoms with Crippen LogP contribution in [0.4, 0.5) is 4.79 Å². The second-order valence-electron chi connectivity index (χ2n) is 5.57. The van der Waals surface area contributed by atoms with Crippen molar-refractivity contribution in [2.24, 2.45) is 11.1 Å². The van der Waals surface area contributed by atoms with Gasteiger partial charge in [-0.3, -0.25) is 9.59 Å². The number of carboxylic acid groups (broad SMARTS) is 1. The second kappa shape index (κ2) is 7.53. The number of urea groups is 1. The van der Waals surface area contributed by atoms with Crippen LogP contribution in [0.25, 0.3) is 0 Å². The number of piperidine rings is 1. The van der Waals surface area contributed by atoms with Gasteiger partial charge in [0.2, 0.25) is 5.91 Å². The van der Waals surface area contributed by atoms with Crippen LogP contribution >= 0.6 is 11.8 Å². The number of aliphatic carboxylic acids is 1. The number of hydrogen-bond donors (Lipinski definition) is 3. The first-order chi connectivity index (χ1) is 9.80. The number of thioether (sulfide) groups is 1. The summed E-state index contributed by atoms with van der Waals surface area (Å²) in [5.41, 5.74) is 4.19. The highest BCUT2D eigenvalue weighted by Crippen LogP contribution is 2.30.